The standard InChI is InChI=1S/C10H21NO/c1-10(2,3)5-6-11-7-9(8-11)12-4/h9H,5-8H2,1-4H3. The van der Waals surface area contributed by atoms with Crippen molar-refractivity contribution >= 4 is 0 Å². The van der Waals surface area contributed by atoms with Crippen molar-refractivity contribution in [2.24, 2.45) is 5.41 Å². The third-order valence-corrected chi connectivity index (χ3v) is 2.44. The second-order valence-corrected chi connectivity index (χ2v) is 4.93. The fourth-order valence-electron chi connectivity index (χ4n) is 1.35. The van der Waals surface area contributed by atoms with Crippen molar-refractivity contribution in [2.45, 2.75) is 33.3 Å². The topological polar surface area (TPSA) is 12.5 Å². The molecular formula is C10H21NO. The smallest absolute Gasteiger partial charge is 0.0824 e. The molecule has 1 saturated heterocycles. The minimum atomic E-state index is 0.470. The molecule has 0 unspecified atom stereocenters. The van der Waals surface area contributed by atoms with Crippen LogP contribution in [-0.4, -0.2) is 37.7 Å². The average Bonchev–Trinajstić information content (AvgIpc) is 1.82. The Kier molecular flexibility index (Phi) is 3.13. The molecule has 0 saturated carbocycles. The summed E-state index contributed by atoms with van der Waals surface area (Å²) in [6, 6.07) is 0. The molecule has 1 aliphatic heterocycles. The summed E-state index contributed by atoms with van der Waals surface area (Å²) < 4.78 is 5.21. The van der Waals surface area contributed by atoms with Crippen LogP contribution in [0.2, 0.25) is 0 Å². The van der Waals surface area contributed by atoms with Gasteiger partial charge in [-0.15, -0.1) is 0 Å². The lowest BCUT2D eigenvalue weighted by atomic mass is 9.91. The third kappa shape index (κ3) is 3.11. The van der Waals surface area contributed by atoms with E-state index in [-0.39, 0.29) is 0 Å². The van der Waals surface area contributed by atoms with Crippen molar-refractivity contribution in [2.75, 3.05) is 26.7 Å². The van der Waals surface area contributed by atoms with Gasteiger partial charge in [0.25, 0.3) is 0 Å². The normalized spacial score (nSPS) is 21.0. The molecule has 1 aliphatic rings. The predicted octanol–water partition coefficient (Wildman–Crippen LogP) is 1.75. The SMILES string of the molecule is COC1CN(CCC(C)(C)C)C1. The first-order chi connectivity index (χ1) is 5.51. The van der Waals surface area contributed by atoms with Crippen molar-refractivity contribution < 1.29 is 4.74 Å². The summed E-state index contributed by atoms with van der Waals surface area (Å²) >= 11 is 0. The Hall–Kier alpha value is -0.0800. The molecule has 0 bridgehead atoms. The van der Waals surface area contributed by atoms with Gasteiger partial charge in [-0.1, -0.05) is 20.8 Å². The molecule has 1 fully saturated rings. The maximum atomic E-state index is 5.21. The van der Waals surface area contributed by atoms with Gasteiger partial charge in [-0.3, -0.25) is 4.90 Å². The molecule has 2 nitrogen and oxygen atoms in total. The highest BCUT2D eigenvalue weighted by Crippen LogP contribution is 2.21. The molecule has 0 spiro atoms. The lowest BCUT2D eigenvalue weighted by Crippen LogP contribution is -2.52. The molecule has 2 heteroatoms. The zero-order valence-electron chi connectivity index (χ0n) is 8.76. The second-order valence-electron chi connectivity index (χ2n) is 4.93. The van der Waals surface area contributed by atoms with E-state index in [0.29, 0.717) is 11.5 Å². The lowest BCUT2D eigenvalue weighted by molar-refractivity contribution is -0.0327. The van der Waals surface area contributed by atoms with Gasteiger partial charge < -0.3 is 4.74 Å². The quantitative estimate of drug-likeness (QED) is 0.641. The minimum Gasteiger partial charge on any atom is -0.379 e. The van der Waals surface area contributed by atoms with Crippen LogP contribution >= 0.6 is 0 Å². The first kappa shape index (κ1) is 10.0. The van der Waals surface area contributed by atoms with E-state index in [0.717, 1.165) is 13.1 Å². The maximum absolute atomic E-state index is 5.21. The minimum absolute atomic E-state index is 0.470. The van der Waals surface area contributed by atoms with Gasteiger partial charge >= 0.3 is 0 Å². The molecule has 0 atom stereocenters. The number of hydrogen-bond donors (Lipinski definition) is 0. The monoisotopic (exact) mass is 171 g/mol. The Morgan fingerprint density at radius 1 is 1.33 bits per heavy atom. The van der Waals surface area contributed by atoms with Crippen molar-refractivity contribution in [1.29, 1.82) is 0 Å². The van der Waals surface area contributed by atoms with Crippen LogP contribution in [0.15, 0.2) is 0 Å². The van der Waals surface area contributed by atoms with Gasteiger partial charge in [0, 0.05) is 20.2 Å². The molecule has 0 radical (unpaired) electrons. The van der Waals surface area contributed by atoms with Gasteiger partial charge in [0.15, 0.2) is 0 Å². The highest BCUT2D eigenvalue weighted by atomic mass is 16.5. The lowest BCUT2D eigenvalue weighted by Gasteiger charge is -2.39. The molecule has 0 amide bonds. The van der Waals surface area contributed by atoms with E-state index in [2.05, 4.69) is 25.7 Å². The van der Waals surface area contributed by atoms with Crippen LogP contribution in [0.5, 0.6) is 0 Å². The van der Waals surface area contributed by atoms with Crippen LogP contribution in [0.4, 0.5) is 0 Å². The number of ether oxygens (including phenoxy) is 1. The first-order valence-corrected chi connectivity index (χ1v) is 4.76. The summed E-state index contributed by atoms with van der Waals surface area (Å²) in [5.41, 5.74) is 0.470. The van der Waals surface area contributed by atoms with Crippen molar-refractivity contribution in [3.8, 4) is 0 Å². The summed E-state index contributed by atoms with van der Waals surface area (Å²) in [5, 5.41) is 0. The van der Waals surface area contributed by atoms with Crippen LogP contribution in [0.3, 0.4) is 0 Å². The molecule has 0 aliphatic carbocycles. The summed E-state index contributed by atoms with van der Waals surface area (Å²) in [4.78, 5) is 2.46. The highest BCUT2D eigenvalue weighted by molar-refractivity contribution is 4.81. The number of likely N-dealkylation sites (tertiary alicyclic amines) is 1. The van der Waals surface area contributed by atoms with Crippen LogP contribution < -0.4 is 0 Å². The van der Waals surface area contributed by atoms with Crippen molar-refractivity contribution in [1.82, 2.24) is 4.90 Å². The van der Waals surface area contributed by atoms with E-state index in [4.69, 9.17) is 4.74 Å². The van der Waals surface area contributed by atoms with E-state index >= 15 is 0 Å². The molecule has 0 aromatic rings. The van der Waals surface area contributed by atoms with Gasteiger partial charge in [0.2, 0.25) is 0 Å². The predicted molar refractivity (Wildman–Crippen MR) is 51.3 cm³/mol. The van der Waals surface area contributed by atoms with Crippen LogP contribution in [0.1, 0.15) is 27.2 Å². The second kappa shape index (κ2) is 3.75. The number of nitrogens with zero attached hydrogens (tertiary/aromatic N) is 1. The number of hydrogen-bond acceptors (Lipinski definition) is 2. The molecule has 1 rings (SSSR count). The fourth-order valence-corrected chi connectivity index (χ4v) is 1.35. The van der Waals surface area contributed by atoms with Gasteiger partial charge in [-0.25, -0.2) is 0 Å². The molecule has 0 aromatic carbocycles. The van der Waals surface area contributed by atoms with Gasteiger partial charge in [-0.2, -0.15) is 0 Å². The molecule has 12 heavy (non-hydrogen) atoms. The van der Waals surface area contributed by atoms with Crippen LogP contribution in [0, 0.1) is 5.41 Å². The third-order valence-electron chi connectivity index (χ3n) is 2.44. The largest absolute Gasteiger partial charge is 0.379 e. The average molecular weight is 171 g/mol. The van der Waals surface area contributed by atoms with Gasteiger partial charge in [0.05, 0.1) is 6.10 Å². The summed E-state index contributed by atoms with van der Waals surface area (Å²) in [7, 11) is 1.80. The molecular weight excluding hydrogens is 150 g/mol. The molecule has 0 N–H and O–H groups in total. The van der Waals surface area contributed by atoms with Crippen LogP contribution in [-0.2, 0) is 4.74 Å². The van der Waals surface area contributed by atoms with E-state index in [9.17, 15) is 0 Å². The van der Waals surface area contributed by atoms with E-state index in [1.807, 2.05) is 0 Å². The van der Waals surface area contributed by atoms with Crippen molar-refractivity contribution in [3.05, 3.63) is 0 Å². The van der Waals surface area contributed by atoms with Crippen LogP contribution in [0.25, 0.3) is 0 Å². The summed E-state index contributed by atoms with van der Waals surface area (Å²) in [6.45, 7) is 10.4. The summed E-state index contributed by atoms with van der Waals surface area (Å²) in [5.74, 6) is 0. The molecule has 72 valence electrons. The number of methoxy groups -OCH3 is 1. The zero-order chi connectivity index (χ0) is 9.19. The summed E-state index contributed by atoms with van der Waals surface area (Å²) in [6.07, 6.45) is 1.79. The Balaban J connectivity index is 2.04. The molecule has 0 aromatic heterocycles. The number of rotatable bonds is 3. The Morgan fingerprint density at radius 3 is 2.33 bits per heavy atom. The van der Waals surface area contributed by atoms with E-state index in [1.165, 1.54) is 13.0 Å². The first-order valence-electron chi connectivity index (χ1n) is 4.76. The fraction of sp³-hybridized carbons (Fsp3) is 1.00. The highest BCUT2D eigenvalue weighted by Gasteiger charge is 2.26. The Labute approximate surface area is 75.9 Å². The van der Waals surface area contributed by atoms with Gasteiger partial charge in [-0.05, 0) is 18.4 Å². The van der Waals surface area contributed by atoms with Crippen molar-refractivity contribution in [3.63, 3.8) is 0 Å². The van der Waals surface area contributed by atoms with E-state index < -0.39 is 0 Å². The van der Waals surface area contributed by atoms with E-state index in [1.54, 1.807) is 7.11 Å². The van der Waals surface area contributed by atoms with Gasteiger partial charge in [0.1, 0.15) is 0 Å². The maximum Gasteiger partial charge on any atom is 0.0824 e. The zero-order valence-corrected chi connectivity index (χ0v) is 8.76. The molecule has 1 heterocycles. The Bertz CT molecular complexity index is 133. The Morgan fingerprint density at radius 2 is 1.92 bits per heavy atom.